The monoisotopic (exact) mass is 347 g/mol. The lowest BCUT2D eigenvalue weighted by atomic mass is 9.95. The fourth-order valence-electron chi connectivity index (χ4n) is 3.43. The Labute approximate surface area is 152 Å². The molecule has 4 rings (SSSR count). The Balaban J connectivity index is 1.46. The van der Waals surface area contributed by atoms with Crippen molar-refractivity contribution >= 4 is 0 Å². The smallest absolute Gasteiger partial charge is 0.251 e. The average molecular weight is 347 g/mol. The summed E-state index contributed by atoms with van der Waals surface area (Å²) in [5.41, 5.74) is 2.49. The molecule has 0 aliphatic carbocycles. The van der Waals surface area contributed by atoms with Crippen LogP contribution in [0.15, 0.2) is 59.8 Å². The molecule has 1 fully saturated rings. The minimum absolute atomic E-state index is 0.117. The predicted octanol–water partition coefficient (Wildman–Crippen LogP) is 2.61. The van der Waals surface area contributed by atoms with E-state index >= 15 is 0 Å². The summed E-state index contributed by atoms with van der Waals surface area (Å²) in [5, 5.41) is 0. The summed E-state index contributed by atoms with van der Waals surface area (Å²) in [5.74, 6) is 1.05. The van der Waals surface area contributed by atoms with E-state index in [1.54, 1.807) is 12.4 Å². The van der Waals surface area contributed by atoms with Gasteiger partial charge in [-0.1, -0.05) is 12.1 Å². The highest BCUT2D eigenvalue weighted by atomic mass is 16.1. The van der Waals surface area contributed by atoms with Crippen LogP contribution in [0.4, 0.5) is 0 Å². The van der Waals surface area contributed by atoms with E-state index in [2.05, 4.69) is 30.9 Å². The molecule has 0 atom stereocenters. The maximum absolute atomic E-state index is 12.1. The Kier molecular flexibility index (Phi) is 4.84. The van der Waals surface area contributed by atoms with Crippen LogP contribution in [0.5, 0.6) is 0 Å². The quantitative estimate of drug-likeness (QED) is 0.785. The van der Waals surface area contributed by atoms with Crippen molar-refractivity contribution in [1.29, 1.82) is 0 Å². The van der Waals surface area contributed by atoms with Crippen molar-refractivity contribution in [2.24, 2.45) is 0 Å². The zero-order valence-electron chi connectivity index (χ0n) is 14.5. The number of pyridine rings is 2. The van der Waals surface area contributed by atoms with Crippen molar-refractivity contribution in [3.05, 3.63) is 76.7 Å². The molecule has 0 radical (unpaired) electrons. The Morgan fingerprint density at radius 3 is 2.69 bits per heavy atom. The van der Waals surface area contributed by atoms with Crippen molar-refractivity contribution in [2.75, 3.05) is 13.1 Å². The van der Waals surface area contributed by atoms with E-state index in [1.807, 2.05) is 30.5 Å². The molecule has 0 spiro atoms. The molecule has 0 amide bonds. The van der Waals surface area contributed by atoms with Crippen LogP contribution >= 0.6 is 0 Å². The molecule has 26 heavy (non-hydrogen) atoms. The van der Waals surface area contributed by atoms with Crippen LogP contribution in [0.3, 0.4) is 0 Å². The number of hydrogen-bond donors (Lipinski definition) is 1. The summed E-state index contributed by atoms with van der Waals surface area (Å²) in [6.07, 6.45) is 7.40. The number of aromatic amines is 1. The Hall–Kier alpha value is -2.86. The van der Waals surface area contributed by atoms with Crippen LogP contribution in [0.2, 0.25) is 0 Å². The normalized spacial score (nSPS) is 15.8. The van der Waals surface area contributed by atoms with Gasteiger partial charge in [-0.15, -0.1) is 0 Å². The maximum atomic E-state index is 12.1. The molecule has 1 aliphatic heterocycles. The van der Waals surface area contributed by atoms with Gasteiger partial charge in [0.1, 0.15) is 5.82 Å². The molecule has 4 heterocycles. The van der Waals surface area contributed by atoms with Gasteiger partial charge in [0.25, 0.3) is 5.56 Å². The van der Waals surface area contributed by atoms with Crippen LogP contribution in [-0.2, 0) is 6.54 Å². The first-order chi connectivity index (χ1) is 12.8. The van der Waals surface area contributed by atoms with E-state index in [4.69, 9.17) is 0 Å². The molecule has 6 heteroatoms. The van der Waals surface area contributed by atoms with Gasteiger partial charge in [0, 0.05) is 37.1 Å². The third-order valence-electron chi connectivity index (χ3n) is 4.79. The molecule has 1 saturated heterocycles. The minimum atomic E-state index is -0.117. The lowest BCUT2D eigenvalue weighted by Gasteiger charge is -2.31. The fraction of sp³-hybridized carbons (Fsp3) is 0.300. The van der Waals surface area contributed by atoms with E-state index in [0.717, 1.165) is 44.0 Å². The molecule has 0 aromatic carbocycles. The number of nitrogens with one attached hydrogen (secondary N) is 1. The molecule has 1 N–H and O–H groups in total. The third-order valence-corrected chi connectivity index (χ3v) is 4.79. The predicted molar refractivity (Wildman–Crippen MR) is 99.6 cm³/mol. The summed E-state index contributed by atoms with van der Waals surface area (Å²) >= 11 is 0. The Morgan fingerprint density at radius 1 is 1.08 bits per heavy atom. The first-order valence-corrected chi connectivity index (χ1v) is 8.92. The second kappa shape index (κ2) is 7.58. The molecule has 0 bridgehead atoms. The maximum Gasteiger partial charge on any atom is 0.251 e. The summed E-state index contributed by atoms with van der Waals surface area (Å²) in [4.78, 5) is 30.6. The van der Waals surface area contributed by atoms with Crippen molar-refractivity contribution in [2.45, 2.75) is 25.3 Å². The highest BCUT2D eigenvalue weighted by Crippen LogP contribution is 2.26. The highest BCUT2D eigenvalue weighted by molar-refractivity contribution is 5.52. The molecule has 0 unspecified atom stereocenters. The molecule has 1 aliphatic rings. The van der Waals surface area contributed by atoms with Crippen molar-refractivity contribution in [3.63, 3.8) is 0 Å². The van der Waals surface area contributed by atoms with E-state index in [-0.39, 0.29) is 11.5 Å². The molecule has 6 nitrogen and oxygen atoms in total. The van der Waals surface area contributed by atoms with E-state index < -0.39 is 0 Å². The molecule has 132 valence electrons. The number of likely N-dealkylation sites (tertiary alicyclic amines) is 1. The van der Waals surface area contributed by atoms with Crippen LogP contribution in [0.1, 0.15) is 30.1 Å². The van der Waals surface area contributed by atoms with Crippen LogP contribution in [-0.4, -0.2) is 37.9 Å². The van der Waals surface area contributed by atoms with Gasteiger partial charge in [-0.3, -0.25) is 19.7 Å². The summed E-state index contributed by atoms with van der Waals surface area (Å²) in [7, 11) is 0. The average Bonchev–Trinajstić information content (AvgIpc) is 2.70. The standard InChI is InChI=1S/C20H21N5O/c26-19-12-18(17-5-1-2-9-22-17)23-20(24-19)16-6-10-25(11-7-16)14-15-4-3-8-21-13-15/h1-5,8-9,12-13,16H,6-7,10-11,14H2,(H,23,24,26). The number of H-pyrrole nitrogens is 1. The molecule has 3 aromatic heterocycles. The van der Waals surface area contributed by atoms with Crippen LogP contribution in [0.25, 0.3) is 11.4 Å². The second-order valence-corrected chi connectivity index (χ2v) is 6.64. The van der Waals surface area contributed by atoms with Gasteiger partial charge in [0.05, 0.1) is 11.4 Å². The largest absolute Gasteiger partial charge is 0.310 e. The molecule has 0 saturated carbocycles. The van der Waals surface area contributed by atoms with Gasteiger partial charge in [-0.05, 0) is 49.7 Å². The van der Waals surface area contributed by atoms with Gasteiger partial charge >= 0.3 is 0 Å². The lowest BCUT2D eigenvalue weighted by Crippen LogP contribution is -2.33. The van der Waals surface area contributed by atoms with Gasteiger partial charge in [0.15, 0.2) is 0 Å². The van der Waals surface area contributed by atoms with E-state index in [1.165, 1.54) is 11.6 Å². The number of nitrogens with zero attached hydrogens (tertiary/aromatic N) is 4. The summed E-state index contributed by atoms with van der Waals surface area (Å²) in [6, 6.07) is 11.2. The van der Waals surface area contributed by atoms with Gasteiger partial charge in [0.2, 0.25) is 0 Å². The first-order valence-electron chi connectivity index (χ1n) is 8.92. The van der Waals surface area contributed by atoms with Crippen molar-refractivity contribution in [1.82, 2.24) is 24.8 Å². The van der Waals surface area contributed by atoms with Crippen LogP contribution < -0.4 is 5.56 Å². The number of hydrogen-bond acceptors (Lipinski definition) is 5. The molecule has 3 aromatic rings. The van der Waals surface area contributed by atoms with E-state index in [9.17, 15) is 4.79 Å². The Morgan fingerprint density at radius 2 is 1.96 bits per heavy atom. The fourth-order valence-corrected chi connectivity index (χ4v) is 3.43. The van der Waals surface area contributed by atoms with E-state index in [0.29, 0.717) is 5.69 Å². The summed E-state index contributed by atoms with van der Waals surface area (Å²) in [6.45, 7) is 2.88. The van der Waals surface area contributed by atoms with Gasteiger partial charge < -0.3 is 4.98 Å². The SMILES string of the molecule is O=c1cc(-c2ccccn2)nc(C2CCN(Cc3cccnc3)CC2)[nH]1. The number of rotatable bonds is 4. The number of aromatic nitrogens is 4. The van der Waals surface area contributed by atoms with Gasteiger partial charge in [-0.25, -0.2) is 4.98 Å². The second-order valence-electron chi connectivity index (χ2n) is 6.64. The number of piperidine rings is 1. The molecular weight excluding hydrogens is 326 g/mol. The van der Waals surface area contributed by atoms with Crippen molar-refractivity contribution in [3.8, 4) is 11.4 Å². The first kappa shape index (κ1) is 16.6. The van der Waals surface area contributed by atoms with Crippen molar-refractivity contribution < 1.29 is 0 Å². The highest BCUT2D eigenvalue weighted by Gasteiger charge is 2.23. The topological polar surface area (TPSA) is 74.8 Å². The zero-order chi connectivity index (χ0) is 17.8. The third kappa shape index (κ3) is 3.86. The molecular formula is C20H21N5O. The lowest BCUT2D eigenvalue weighted by molar-refractivity contribution is 0.201. The summed E-state index contributed by atoms with van der Waals surface area (Å²) < 4.78 is 0. The Bertz CT molecular complexity index is 902. The minimum Gasteiger partial charge on any atom is -0.310 e. The zero-order valence-corrected chi connectivity index (χ0v) is 14.5. The van der Waals surface area contributed by atoms with Gasteiger partial charge in [-0.2, -0.15) is 0 Å². The van der Waals surface area contributed by atoms with Crippen LogP contribution in [0, 0.1) is 0 Å².